The number of ether oxygens (including phenoxy) is 1. The van der Waals surface area contributed by atoms with Crippen molar-refractivity contribution in [1.29, 1.82) is 0 Å². The van der Waals surface area contributed by atoms with Gasteiger partial charge in [0.1, 0.15) is 18.7 Å². The molecule has 5 rings (SSSR count). The van der Waals surface area contributed by atoms with Crippen molar-refractivity contribution in [3.8, 4) is 17.1 Å². The minimum atomic E-state index is 0.519. The summed E-state index contributed by atoms with van der Waals surface area (Å²) in [6, 6.07) is 14.3. The molecule has 3 aromatic heterocycles. The van der Waals surface area contributed by atoms with Gasteiger partial charge in [0.15, 0.2) is 17.1 Å². The van der Waals surface area contributed by atoms with Crippen molar-refractivity contribution in [3.05, 3.63) is 71.7 Å². The summed E-state index contributed by atoms with van der Waals surface area (Å²) in [4.78, 5) is 9.10. The summed E-state index contributed by atoms with van der Waals surface area (Å²) in [5, 5.41) is 9.70. The maximum atomic E-state index is 6.04. The molecule has 0 fully saturated rings. The Bertz CT molecular complexity index is 1310. The van der Waals surface area contributed by atoms with E-state index in [1.54, 1.807) is 21.7 Å². The second-order valence-electron chi connectivity index (χ2n) is 7.16. The number of hydrogen-bond acceptors (Lipinski definition) is 5. The summed E-state index contributed by atoms with van der Waals surface area (Å²) in [7, 11) is 1.86. The summed E-state index contributed by atoms with van der Waals surface area (Å²) in [6.07, 6.45) is 3.44. The zero-order valence-corrected chi connectivity index (χ0v) is 16.5. The Labute approximate surface area is 167 Å². The molecule has 0 radical (unpaired) electrons. The highest BCUT2D eigenvalue weighted by Gasteiger charge is 2.12. The van der Waals surface area contributed by atoms with Gasteiger partial charge in [0.2, 0.25) is 0 Å². The number of rotatable bonds is 4. The molecule has 0 spiro atoms. The molecule has 29 heavy (non-hydrogen) atoms. The van der Waals surface area contributed by atoms with Crippen molar-refractivity contribution in [3.63, 3.8) is 0 Å². The zero-order chi connectivity index (χ0) is 20.0. The Morgan fingerprint density at radius 2 is 1.72 bits per heavy atom. The Kier molecular flexibility index (Phi) is 4.01. The third-order valence-corrected chi connectivity index (χ3v) is 5.07. The molecule has 0 saturated carbocycles. The molecule has 0 amide bonds. The molecule has 0 N–H and O–H groups in total. The van der Waals surface area contributed by atoms with Gasteiger partial charge in [-0.05, 0) is 30.5 Å². The maximum Gasteiger partial charge on any atom is 0.182 e. The van der Waals surface area contributed by atoms with Gasteiger partial charge in [0.05, 0.1) is 11.6 Å². The van der Waals surface area contributed by atoms with Crippen LogP contribution in [0.1, 0.15) is 16.7 Å². The van der Waals surface area contributed by atoms with E-state index in [2.05, 4.69) is 41.2 Å². The van der Waals surface area contributed by atoms with Crippen molar-refractivity contribution in [2.45, 2.75) is 20.5 Å². The summed E-state index contributed by atoms with van der Waals surface area (Å²) >= 11 is 0. The Balaban J connectivity index is 1.40. The summed E-state index contributed by atoms with van der Waals surface area (Å²) < 4.78 is 9.47. The van der Waals surface area contributed by atoms with Crippen LogP contribution in [-0.4, -0.2) is 29.4 Å². The molecule has 0 unspecified atom stereocenters. The molecule has 0 atom stereocenters. The van der Waals surface area contributed by atoms with Crippen LogP contribution in [-0.2, 0) is 13.7 Å². The van der Waals surface area contributed by atoms with Gasteiger partial charge in [-0.1, -0.05) is 42.5 Å². The first-order chi connectivity index (χ1) is 14.1. The molecule has 0 saturated heterocycles. The van der Waals surface area contributed by atoms with Gasteiger partial charge in [-0.25, -0.2) is 14.5 Å². The fourth-order valence-corrected chi connectivity index (χ4v) is 3.49. The Morgan fingerprint density at radius 1 is 0.966 bits per heavy atom. The molecule has 3 heterocycles. The van der Waals surface area contributed by atoms with Crippen molar-refractivity contribution in [2.75, 3.05) is 0 Å². The van der Waals surface area contributed by atoms with Gasteiger partial charge in [0.25, 0.3) is 0 Å². The number of hydrogen-bond donors (Lipinski definition) is 0. The quantitative estimate of drug-likeness (QED) is 0.470. The lowest BCUT2D eigenvalue weighted by Gasteiger charge is -2.12. The largest absolute Gasteiger partial charge is 0.488 e. The normalized spacial score (nSPS) is 11.4. The van der Waals surface area contributed by atoms with E-state index in [1.807, 2.05) is 37.4 Å². The lowest BCUT2D eigenvalue weighted by molar-refractivity contribution is 0.302. The van der Waals surface area contributed by atoms with Gasteiger partial charge in [0, 0.05) is 12.6 Å². The SMILES string of the molecule is Cc1cccc(C)c1OCc1ccc(-c2nc3c4cnn(C)c4ncn3n2)cc1. The smallest absolute Gasteiger partial charge is 0.182 e. The van der Waals surface area contributed by atoms with Crippen molar-refractivity contribution < 1.29 is 4.74 Å². The predicted molar refractivity (Wildman–Crippen MR) is 111 cm³/mol. The van der Waals surface area contributed by atoms with Gasteiger partial charge < -0.3 is 4.74 Å². The van der Waals surface area contributed by atoms with Crippen molar-refractivity contribution in [2.24, 2.45) is 7.05 Å². The van der Waals surface area contributed by atoms with Crippen molar-refractivity contribution in [1.82, 2.24) is 29.4 Å². The molecule has 0 aliphatic carbocycles. The molecule has 144 valence electrons. The first-order valence-electron chi connectivity index (χ1n) is 9.41. The molecule has 0 aliphatic rings. The number of benzene rings is 2. The fourth-order valence-electron chi connectivity index (χ4n) is 3.49. The van der Waals surface area contributed by atoms with E-state index in [9.17, 15) is 0 Å². The number of para-hydroxylation sites is 1. The van der Waals surface area contributed by atoms with Gasteiger partial charge in [-0.2, -0.15) is 5.10 Å². The number of aromatic nitrogens is 6. The van der Waals surface area contributed by atoms with Crippen molar-refractivity contribution >= 4 is 16.7 Å². The van der Waals surface area contributed by atoms with Crippen LogP contribution in [0.25, 0.3) is 28.1 Å². The standard InChI is InChI=1S/C22H20N6O/c1-14-5-4-6-15(2)19(14)29-12-16-7-9-17(10-8-16)20-25-22-18-11-24-27(3)21(18)23-13-28(22)26-20/h4-11,13H,12H2,1-3H3. The van der Waals surface area contributed by atoms with E-state index in [0.29, 0.717) is 12.4 Å². The number of nitrogens with zero attached hydrogens (tertiary/aromatic N) is 6. The summed E-state index contributed by atoms with van der Waals surface area (Å²) in [6.45, 7) is 4.65. The van der Waals surface area contributed by atoms with E-state index < -0.39 is 0 Å². The zero-order valence-electron chi connectivity index (χ0n) is 16.5. The fraction of sp³-hybridized carbons (Fsp3) is 0.182. The highest BCUT2D eigenvalue weighted by Crippen LogP contribution is 2.24. The third-order valence-electron chi connectivity index (χ3n) is 5.07. The second kappa shape index (κ2) is 6.70. The molecular formula is C22H20N6O. The average molecular weight is 384 g/mol. The van der Waals surface area contributed by atoms with Crippen LogP contribution >= 0.6 is 0 Å². The molecule has 0 aliphatic heterocycles. The first kappa shape index (κ1) is 17.4. The summed E-state index contributed by atoms with van der Waals surface area (Å²) in [5.74, 6) is 1.61. The monoisotopic (exact) mass is 384 g/mol. The minimum absolute atomic E-state index is 0.519. The predicted octanol–water partition coefficient (Wildman–Crippen LogP) is 3.87. The average Bonchev–Trinajstić information content (AvgIpc) is 3.32. The minimum Gasteiger partial charge on any atom is -0.488 e. The maximum absolute atomic E-state index is 6.04. The Morgan fingerprint density at radius 3 is 2.48 bits per heavy atom. The van der Waals surface area contributed by atoms with Crippen LogP contribution in [0, 0.1) is 13.8 Å². The van der Waals surface area contributed by atoms with Crippen LogP contribution < -0.4 is 4.74 Å². The van der Waals surface area contributed by atoms with Crippen LogP contribution in [0.4, 0.5) is 0 Å². The first-order valence-corrected chi connectivity index (χ1v) is 9.41. The second-order valence-corrected chi connectivity index (χ2v) is 7.16. The molecule has 0 bridgehead atoms. The topological polar surface area (TPSA) is 70.1 Å². The van der Waals surface area contributed by atoms with E-state index in [1.165, 1.54) is 0 Å². The van der Waals surface area contributed by atoms with E-state index in [0.717, 1.165) is 44.7 Å². The summed E-state index contributed by atoms with van der Waals surface area (Å²) in [5.41, 5.74) is 5.87. The van der Waals surface area contributed by atoms with E-state index in [4.69, 9.17) is 9.72 Å². The lowest BCUT2D eigenvalue weighted by atomic mass is 10.1. The number of fused-ring (bicyclic) bond motifs is 3. The molecule has 7 heteroatoms. The highest BCUT2D eigenvalue weighted by atomic mass is 16.5. The van der Waals surface area contributed by atoms with E-state index in [-0.39, 0.29) is 0 Å². The molecule has 7 nitrogen and oxygen atoms in total. The van der Waals surface area contributed by atoms with Crippen LogP contribution in [0.3, 0.4) is 0 Å². The van der Waals surface area contributed by atoms with Crippen LogP contribution in [0.5, 0.6) is 5.75 Å². The van der Waals surface area contributed by atoms with Gasteiger partial charge in [-0.3, -0.25) is 4.68 Å². The molecule has 2 aromatic carbocycles. The van der Waals surface area contributed by atoms with Crippen LogP contribution in [0.2, 0.25) is 0 Å². The van der Waals surface area contributed by atoms with Gasteiger partial charge in [-0.15, -0.1) is 5.10 Å². The Hall–Kier alpha value is -3.74. The molecule has 5 aromatic rings. The highest BCUT2D eigenvalue weighted by molar-refractivity contribution is 5.88. The molecular weight excluding hydrogens is 364 g/mol. The lowest BCUT2D eigenvalue weighted by Crippen LogP contribution is -1.98. The number of aryl methyl sites for hydroxylation is 3. The van der Waals surface area contributed by atoms with Crippen LogP contribution in [0.15, 0.2) is 55.0 Å². The van der Waals surface area contributed by atoms with Gasteiger partial charge >= 0.3 is 0 Å². The third kappa shape index (κ3) is 3.00. The van der Waals surface area contributed by atoms with E-state index >= 15 is 0 Å².